The Hall–Kier alpha value is -2.04. The summed E-state index contributed by atoms with van der Waals surface area (Å²) >= 11 is 0. The lowest BCUT2D eigenvalue weighted by Crippen LogP contribution is -2.13. The van der Waals surface area contributed by atoms with Crippen molar-refractivity contribution < 1.29 is 4.42 Å². The van der Waals surface area contributed by atoms with E-state index >= 15 is 0 Å². The fraction of sp³-hybridized carbons (Fsp3) is 0.273. The molecule has 5 nitrogen and oxygen atoms in total. The molecular weight excluding hydrogens is 206 g/mol. The van der Waals surface area contributed by atoms with Crippen molar-refractivity contribution in [3.8, 4) is 5.69 Å². The third kappa shape index (κ3) is 2.13. The van der Waals surface area contributed by atoms with Gasteiger partial charge in [-0.1, -0.05) is 18.2 Å². The average molecular weight is 219 g/mol. The minimum atomic E-state index is -0.491. The predicted molar refractivity (Wildman–Crippen MR) is 60.9 cm³/mol. The van der Waals surface area contributed by atoms with E-state index in [0.717, 1.165) is 0 Å². The maximum absolute atomic E-state index is 11.5. The van der Waals surface area contributed by atoms with Crippen LogP contribution in [0.15, 0.2) is 39.5 Å². The summed E-state index contributed by atoms with van der Waals surface area (Å²) in [7, 11) is 0. The summed E-state index contributed by atoms with van der Waals surface area (Å²) in [6.45, 7) is 3.89. The van der Waals surface area contributed by atoms with Crippen LogP contribution in [0.3, 0.4) is 0 Å². The molecule has 0 amide bonds. The Balaban J connectivity index is 2.36. The Labute approximate surface area is 92.7 Å². The molecule has 1 heterocycles. The first kappa shape index (κ1) is 10.5. The average Bonchev–Trinajstić information content (AvgIpc) is 2.60. The van der Waals surface area contributed by atoms with Crippen LogP contribution in [0.25, 0.3) is 5.69 Å². The first-order valence-electron chi connectivity index (χ1n) is 5.09. The summed E-state index contributed by atoms with van der Waals surface area (Å²) in [5.41, 5.74) is 0.688. The van der Waals surface area contributed by atoms with Crippen molar-refractivity contribution in [3.63, 3.8) is 0 Å². The monoisotopic (exact) mass is 219 g/mol. The Morgan fingerprint density at radius 2 is 2.00 bits per heavy atom. The molecule has 84 valence electrons. The summed E-state index contributed by atoms with van der Waals surface area (Å²) < 4.78 is 6.19. The van der Waals surface area contributed by atoms with Crippen LogP contribution in [0.1, 0.15) is 13.8 Å². The minimum absolute atomic E-state index is 0.169. The molecule has 0 unspecified atom stereocenters. The Kier molecular flexibility index (Phi) is 2.76. The second-order valence-electron chi connectivity index (χ2n) is 3.72. The number of hydrogen-bond acceptors (Lipinski definition) is 4. The van der Waals surface area contributed by atoms with Gasteiger partial charge in [0.05, 0.1) is 5.69 Å². The standard InChI is InChI=1S/C11H13N3O2/c1-8(2)12-10-13-14(11(15)16-10)9-6-4-3-5-7-9/h3-8H,1-2H3,(H,12,13). The highest BCUT2D eigenvalue weighted by molar-refractivity contribution is 5.31. The molecule has 0 fully saturated rings. The third-order valence-corrected chi connectivity index (χ3v) is 1.96. The summed E-state index contributed by atoms with van der Waals surface area (Å²) in [5.74, 6) is -0.491. The summed E-state index contributed by atoms with van der Waals surface area (Å²) in [5, 5.41) is 6.98. The second-order valence-corrected chi connectivity index (χ2v) is 3.72. The van der Waals surface area contributed by atoms with Crippen molar-refractivity contribution in [1.29, 1.82) is 0 Å². The molecule has 1 aromatic carbocycles. The molecule has 0 bridgehead atoms. The molecule has 0 spiro atoms. The molecule has 0 saturated heterocycles. The molecule has 1 aromatic heterocycles. The number of hydrogen-bond donors (Lipinski definition) is 1. The van der Waals surface area contributed by atoms with Crippen LogP contribution in [0.4, 0.5) is 6.01 Å². The molecular formula is C11H13N3O2. The number of benzene rings is 1. The van der Waals surface area contributed by atoms with Crippen LogP contribution in [0, 0.1) is 0 Å². The van der Waals surface area contributed by atoms with E-state index in [9.17, 15) is 4.79 Å². The molecule has 0 aliphatic rings. The second kappa shape index (κ2) is 4.22. The number of anilines is 1. The Morgan fingerprint density at radius 3 is 2.62 bits per heavy atom. The number of para-hydroxylation sites is 1. The first-order valence-corrected chi connectivity index (χ1v) is 5.09. The highest BCUT2D eigenvalue weighted by Crippen LogP contribution is 2.06. The van der Waals surface area contributed by atoms with Crippen molar-refractivity contribution in [1.82, 2.24) is 9.78 Å². The number of aromatic nitrogens is 2. The van der Waals surface area contributed by atoms with E-state index in [4.69, 9.17) is 4.42 Å². The maximum Gasteiger partial charge on any atom is 0.443 e. The zero-order chi connectivity index (χ0) is 11.5. The van der Waals surface area contributed by atoms with Gasteiger partial charge in [0.25, 0.3) is 0 Å². The van der Waals surface area contributed by atoms with Gasteiger partial charge in [0.1, 0.15) is 0 Å². The third-order valence-electron chi connectivity index (χ3n) is 1.96. The number of rotatable bonds is 3. The van der Waals surface area contributed by atoms with Crippen molar-refractivity contribution in [2.24, 2.45) is 0 Å². The first-order chi connectivity index (χ1) is 7.66. The van der Waals surface area contributed by atoms with Crippen LogP contribution < -0.4 is 11.1 Å². The smallest absolute Gasteiger partial charge is 0.373 e. The molecule has 0 atom stereocenters. The van der Waals surface area contributed by atoms with E-state index in [-0.39, 0.29) is 12.1 Å². The SMILES string of the molecule is CC(C)Nc1nn(-c2ccccc2)c(=O)o1. The zero-order valence-corrected chi connectivity index (χ0v) is 9.18. The van der Waals surface area contributed by atoms with Gasteiger partial charge in [0, 0.05) is 6.04 Å². The lowest BCUT2D eigenvalue weighted by Gasteiger charge is -2.02. The van der Waals surface area contributed by atoms with Crippen molar-refractivity contribution in [2.45, 2.75) is 19.9 Å². The summed E-state index contributed by atoms with van der Waals surface area (Å²) in [6, 6.07) is 9.55. The van der Waals surface area contributed by atoms with Gasteiger partial charge >= 0.3 is 11.8 Å². The van der Waals surface area contributed by atoms with Gasteiger partial charge in [0.15, 0.2) is 0 Å². The molecule has 16 heavy (non-hydrogen) atoms. The summed E-state index contributed by atoms with van der Waals surface area (Å²) in [6.07, 6.45) is 0. The fourth-order valence-electron chi connectivity index (χ4n) is 1.32. The zero-order valence-electron chi connectivity index (χ0n) is 9.18. The molecule has 0 saturated carbocycles. The van der Waals surface area contributed by atoms with E-state index in [2.05, 4.69) is 10.4 Å². The van der Waals surface area contributed by atoms with Gasteiger partial charge in [-0.3, -0.25) is 0 Å². The molecule has 5 heteroatoms. The predicted octanol–water partition coefficient (Wildman–Crippen LogP) is 1.65. The quantitative estimate of drug-likeness (QED) is 0.852. The normalized spacial score (nSPS) is 10.7. The van der Waals surface area contributed by atoms with Crippen LogP contribution in [0.5, 0.6) is 0 Å². The van der Waals surface area contributed by atoms with E-state index in [1.807, 2.05) is 32.0 Å². The van der Waals surface area contributed by atoms with Gasteiger partial charge < -0.3 is 9.73 Å². The fourth-order valence-corrected chi connectivity index (χ4v) is 1.32. The number of nitrogens with one attached hydrogen (secondary N) is 1. The molecule has 2 rings (SSSR count). The van der Waals surface area contributed by atoms with E-state index in [1.165, 1.54) is 4.68 Å². The molecule has 0 aliphatic carbocycles. The highest BCUT2D eigenvalue weighted by atomic mass is 16.4. The van der Waals surface area contributed by atoms with Gasteiger partial charge in [-0.2, -0.15) is 4.68 Å². The van der Waals surface area contributed by atoms with Crippen molar-refractivity contribution in [3.05, 3.63) is 40.9 Å². The van der Waals surface area contributed by atoms with E-state index in [0.29, 0.717) is 5.69 Å². The number of nitrogens with zero attached hydrogens (tertiary/aromatic N) is 2. The van der Waals surface area contributed by atoms with Gasteiger partial charge in [-0.15, -0.1) is 5.10 Å². The van der Waals surface area contributed by atoms with Crippen LogP contribution in [0.2, 0.25) is 0 Å². The lowest BCUT2D eigenvalue weighted by atomic mass is 10.3. The van der Waals surface area contributed by atoms with Gasteiger partial charge in [0.2, 0.25) is 0 Å². The minimum Gasteiger partial charge on any atom is -0.373 e. The molecule has 0 aliphatic heterocycles. The highest BCUT2D eigenvalue weighted by Gasteiger charge is 2.09. The van der Waals surface area contributed by atoms with Gasteiger partial charge in [-0.05, 0) is 26.0 Å². The van der Waals surface area contributed by atoms with Crippen molar-refractivity contribution >= 4 is 6.01 Å². The van der Waals surface area contributed by atoms with Crippen LogP contribution in [-0.2, 0) is 0 Å². The molecule has 0 radical (unpaired) electrons. The van der Waals surface area contributed by atoms with Crippen LogP contribution >= 0.6 is 0 Å². The van der Waals surface area contributed by atoms with E-state index in [1.54, 1.807) is 12.1 Å². The maximum atomic E-state index is 11.5. The largest absolute Gasteiger partial charge is 0.443 e. The summed E-state index contributed by atoms with van der Waals surface area (Å²) in [4.78, 5) is 11.5. The lowest BCUT2D eigenvalue weighted by molar-refractivity contribution is 0.511. The van der Waals surface area contributed by atoms with E-state index < -0.39 is 5.76 Å². The van der Waals surface area contributed by atoms with Crippen molar-refractivity contribution in [2.75, 3.05) is 5.32 Å². The Bertz CT molecular complexity index is 514. The Morgan fingerprint density at radius 1 is 1.31 bits per heavy atom. The molecule has 2 aromatic rings. The molecule has 1 N–H and O–H groups in total. The van der Waals surface area contributed by atoms with Gasteiger partial charge in [-0.25, -0.2) is 4.79 Å². The van der Waals surface area contributed by atoms with Crippen LogP contribution in [-0.4, -0.2) is 15.8 Å². The topological polar surface area (TPSA) is 60.1 Å².